The van der Waals surface area contributed by atoms with Gasteiger partial charge in [0.2, 0.25) is 0 Å². The van der Waals surface area contributed by atoms with Crippen molar-refractivity contribution in [1.29, 1.82) is 0 Å². The molecular formula is C18H22O5. The van der Waals surface area contributed by atoms with Crippen molar-refractivity contribution < 1.29 is 23.9 Å². The molecule has 4 rings (SSSR count). The minimum Gasteiger partial charge on any atom is -0.462 e. The summed E-state index contributed by atoms with van der Waals surface area (Å²) >= 11 is 0. The Kier molecular flexibility index (Phi) is 2.75. The van der Waals surface area contributed by atoms with E-state index in [1.807, 2.05) is 19.9 Å². The number of allylic oxidation sites excluding steroid dienone is 1. The van der Waals surface area contributed by atoms with Crippen molar-refractivity contribution in [3.63, 3.8) is 0 Å². The molecular weight excluding hydrogens is 296 g/mol. The summed E-state index contributed by atoms with van der Waals surface area (Å²) in [5.41, 5.74) is -1.77. The molecule has 1 saturated heterocycles. The van der Waals surface area contributed by atoms with Gasteiger partial charge in [0.25, 0.3) is 0 Å². The van der Waals surface area contributed by atoms with Crippen LogP contribution < -0.4 is 0 Å². The Morgan fingerprint density at radius 3 is 2.65 bits per heavy atom. The maximum Gasteiger partial charge on any atom is 0.312 e. The molecule has 0 aromatic heterocycles. The number of esters is 2. The van der Waals surface area contributed by atoms with Gasteiger partial charge in [-0.1, -0.05) is 6.08 Å². The standard InChI is InChI=1S/C18H22O5/c1-10(22-11(2)19)18-6-4-12-14(16(18,3)13(20)5-7-18)23-15(21)17(12)8-9-17/h5,7,10,12,14H,4,6,8-9H2,1-3H3/t10?,12-,14-,16+,18+/m1/s1. The van der Waals surface area contributed by atoms with Gasteiger partial charge in [-0.05, 0) is 45.6 Å². The Morgan fingerprint density at radius 2 is 2.04 bits per heavy atom. The van der Waals surface area contributed by atoms with Gasteiger partial charge in [-0.15, -0.1) is 0 Å². The van der Waals surface area contributed by atoms with Gasteiger partial charge in [0.1, 0.15) is 12.2 Å². The van der Waals surface area contributed by atoms with Crippen molar-refractivity contribution in [2.24, 2.45) is 22.2 Å². The van der Waals surface area contributed by atoms with Crippen LogP contribution in [-0.2, 0) is 23.9 Å². The number of carbonyl (C=O) groups excluding carboxylic acids is 3. The fourth-order valence-corrected chi connectivity index (χ4v) is 5.47. The van der Waals surface area contributed by atoms with E-state index in [-0.39, 0.29) is 29.1 Å². The minimum atomic E-state index is -0.841. The lowest BCUT2D eigenvalue weighted by atomic mass is 9.51. The number of fused-ring (bicyclic) bond motifs is 4. The lowest BCUT2D eigenvalue weighted by molar-refractivity contribution is -0.180. The fourth-order valence-electron chi connectivity index (χ4n) is 5.47. The van der Waals surface area contributed by atoms with Crippen LogP contribution in [0.4, 0.5) is 0 Å². The second-order valence-corrected chi connectivity index (χ2v) is 7.82. The van der Waals surface area contributed by atoms with E-state index >= 15 is 0 Å². The summed E-state index contributed by atoms with van der Waals surface area (Å²) in [5, 5.41) is 0. The Bertz CT molecular complexity index is 646. The van der Waals surface area contributed by atoms with E-state index in [4.69, 9.17) is 9.47 Å². The van der Waals surface area contributed by atoms with Gasteiger partial charge < -0.3 is 9.47 Å². The van der Waals surface area contributed by atoms with Crippen LogP contribution in [0.5, 0.6) is 0 Å². The highest BCUT2D eigenvalue weighted by Gasteiger charge is 2.75. The van der Waals surface area contributed by atoms with E-state index in [0.29, 0.717) is 0 Å². The smallest absolute Gasteiger partial charge is 0.312 e. The first-order valence-corrected chi connectivity index (χ1v) is 8.40. The van der Waals surface area contributed by atoms with E-state index in [1.165, 1.54) is 6.92 Å². The van der Waals surface area contributed by atoms with Crippen molar-refractivity contribution in [2.45, 2.75) is 58.7 Å². The lowest BCUT2D eigenvalue weighted by Gasteiger charge is -2.53. The van der Waals surface area contributed by atoms with Gasteiger partial charge in [0.05, 0.1) is 10.8 Å². The highest BCUT2D eigenvalue weighted by Crippen LogP contribution is 2.70. The third-order valence-corrected chi connectivity index (χ3v) is 7.02. The molecule has 0 radical (unpaired) electrons. The normalized spacial score (nSPS) is 43.8. The Hall–Kier alpha value is -1.65. The summed E-state index contributed by atoms with van der Waals surface area (Å²) in [6, 6.07) is 0. The Labute approximate surface area is 135 Å². The van der Waals surface area contributed by atoms with Gasteiger partial charge in [-0.25, -0.2) is 0 Å². The Balaban J connectivity index is 1.77. The first-order chi connectivity index (χ1) is 10.8. The van der Waals surface area contributed by atoms with Crippen molar-refractivity contribution in [2.75, 3.05) is 0 Å². The number of ketones is 1. The lowest BCUT2D eigenvalue weighted by Crippen LogP contribution is -2.59. The van der Waals surface area contributed by atoms with E-state index in [9.17, 15) is 14.4 Å². The molecule has 0 aromatic rings. The first-order valence-electron chi connectivity index (χ1n) is 8.40. The summed E-state index contributed by atoms with van der Waals surface area (Å²) in [4.78, 5) is 36.6. The molecule has 5 nitrogen and oxygen atoms in total. The van der Waals surface area contributed by atoms with E-state index in [1.54, 1.807) is 6.08 Å². The molecule has 3 fully saturated rings. The minimum absolute atomic E-state index is 0.0169. The van der Waals surface area contributed by atoms with Gasteiger partial charge in [-0.3, -0.25) is 14.4 Å². The third-order valence-electron chi connectivity index (χ3n) is 7.02. The predicted molar refractivity (Wildman–Crippen MR) is 80.2 cm³/mol. The first kappa shape index (κ1) is 14.9. The van der Waals surface area contributed by atoms with Gasteiger partial charge in [0.15, 0.2) is 5.78 Å². The van der Waals surface area contributed by atoms with E-state index < -0.39 is 23.0 Å². The quantitative estimate of drug-likeness (QED) is 0.730. The van der Waals surface area contributed by atoms with Crippen molar-refractivity contribution in [3.8, 4) is 0 Å². The van der Waals surface area contributed by atoms with Gasteiger partial charge in [-0.2, -0.15) is 0 Å². The molecule has 4 aliphatic rings. The number of hydrogen-bond acceptors (Lipinski definition) is 5. The summed E-state index contributed by atoms with van der Waals surface area (Å²) < 4.78 is 11.2. The molecule has 1 heterocycles. The molecule has 1 unspecified atom stereocenters. The molecule has 0 N–H and O–H groups in total. The second-order valence-electron chi connectivity index (χ2n) is 7.82. The molecule has 0 bridgehead atoms. The van der Waals surface area contributed by atoms with Crippen LogP contribution in [0.25, 0.3) is 0 Å². The molecule has 1 aliphatic heterocycles. The van der Waals surface area contributed by atoms with Crippen LogP contribution in [0.15, 0.2) is 12.2 Å². The zero-order chi connectivity index (χ0) is 16.6. The number of rotatable bonds is 2. The van der Waals surface area contributed by atoms with Crippen molar-refractivity contribution in [3.05, 3.63) is 12.2 Å². The summed E-state index contributed by atoms with van der Waals surface area (Å²) in [7, 11) is 0. The largest absolute Gasteiger partial charge is 0.462 e. The van der Waals surface area contributed by atoms with Crippen molar-refractivity contribution in [1.82, 2.24) is 0 Å². The molecule has 1 spiro atoms. The molecule has 0 amide bonds. The SMILES string of the molecule is CC(=O)OC(C)[C@]12C=CC(=O)[C@@]1(C)[C@@H]1OC(=O)C3(CC3)[C@@H]1CC2. The summed E-state index contributed by atoms with van der Waals surface area (Å²) in [6.07, 6.45) is 5.96. The maximum atomic E-state index is 12.8. The van der Waals surface area contributed by atoms with E-state index in [0.717, 1.165) is 25.7 Å². The highest BCUT2D eigenvalue weighted by molar-refractivity contribution is 6.00. The molecule has 5 heteroatoms. The zero-order valence-electron chi connectivity index (χ0n) is 13.8. The van der Waals surface area contributed by atoms with Crippen LogP contribution in [-0.4, -0.2) is 29.9 Å². The molecule has 3 aliphatic carbocycles. The number of hydrogen-bond donors (Lipinski definition) is 0. The van der Waals surface area contributed by atoms with Crippen LogP contribution in [0.3, 0.4) is 0 Å². The molecule has 0 aromatic carbocycles. The van der Waals surface area contributed by atoms with Crippen LogP contribution in [0.1, 0.15) is 46.5 Å². The van der Waals surface area contributed by atoms with Crippen LogP contribution in [0, 0.1) is 22.2 Å². The average Bonchev–Trinajstić information content (AvgIpc) is 3.16. The van der Waals surface area contributed by atoms with Crippen LogP contribution >= 0.6 is 0 Å². The summed E-state index contributed by atoms with van der Waals surface area (Å²) in [6.45, 7) is 5.11. The van der Waals surface area contributed by atoms with Gasteiger partial charge >= 0.3 is 11.9 Å². The zero-order valence-corrected chi connectivity index (χ0v) is 13.8. The van der Waals surface area contributed by atoms with Crippen LogP contribution in [0.2, 0.25) is 0 Å². The summed E-state index contributed by atoms with van der Waals surface area (Å²) in [5.74, 6) is -0.395. The average molecular weight is 318 g/mol. The topological polar surface area (TPSA) is 69.7 Å². The molecule has 124 valence electrons. The third kappa shape index (κ3) is 1.56. The fraction of sp³-hybridized carbons (Fsp3) is 0.722. The molecule has 2 saturated carbocycles. The number of carbonyl (C=O) groups is 3. The highest BCUT2D eigenvalue weighted by atomic mass is 16.6. The second kappa shape index (κ2) is 4.25. The molecule has 5 atom stereocenters. The molecule has 23 heavy (non-hydrogen) atoms. The Morgan fingerprint density at radius 1 is 1.35 bits per heavy atom. The number of ether oxygens (including phenoxy) is 2. The maximum absolute atomic E-state index is 12.8. The van der Waals surface area contributed by atoms with E-state index in [2.05, 4.69) is 0 Å². The monoisotopic (exact) mass is 318 g/mol. The van der Waals surface area contributed by atoms with Crippen molar-refractivity contribution >= 4 is 17.7 Å². The predicted octanol–water partition coefficient (Wildman–Crippen LogP) is 2.19. The van der Waals surface area contributed by atoms with Gasteiger partial charge in [0, 0.05) is 18.3 Å².